The van der Waals surface area contributed by atoms with Crippen molar-refractivity contribution in [2.45, 2.75) is 27.4 Å². The molecule has 22 heavy (non-hydrogen) atoms. The Morgan fingerprint density at radius 3 is 2.41 bits per heavy atom. The van der Waals surface area contributed by atoms with Gasteiger partial charge in [0, 0.05) is 18.7 Å². The summed E-state index contributed by atoms with van der Waals surface area (Å²) in [6, 6.07) is 9.41. The summed E-state index contributed by atoms with van der Waals surface area (Å²) in [5.41, 5.74) is 0.494. The number of ketones is 1. The van der Waals surface area contributed by atoms with Gasteiger partial charge in [0.05, 0.1) is 0 Å². The highest BCUT2D eigenvalue weighted by atomic mass is 16.5. The lowest BCUT2D eigenvalue weighted by molar-refractivity contribution is 0.0466. The van der Waals surface area contributed by atoms with E-state index in [-0.39, 0.29) is 23.9 Å². The van der Waals surface area contributed by atoms with Crippen LogP contribution in [0, 0.1) is 5.41 Å². The maximum atomic E-state index is 12.3. The van der Waals surface area contributed by atoms with Crippen LogP contribution in [0.5, 0.6) is 0 Å². The van der Waals surface area contributed by atoms with Gasteiger partial charge >= 0.3 is 5.97 Å². The number of nitrogens with zero attached hydrogens (tertiary/aromatic N) is 2. The fourth-order valence-electron chi connectivity index (χ4n) is 1.91. The van der Waals surface area contributed by atoms with Gasteiger partial charge in [-0.25, -0.2) is 9.78 Å². The highest BCUT2D eigenvalue weighted by molar-refractivity contribution is 5.98. The first-order valence-corrected chi connectivity index (χ1v) is 7.08. The Labute approximate surface area is 129 Å². The van der Waals surface area contributed by atoms with Gasteiger partial charge in [0.2, 0.25) is 5.78 Å². The molecule has 0 atom stereocenters. The number of carbonyl (C=O) groups excluding carboxylic acids is 2. The minimum Gasteiger partial charge on any atom is -0.456 e. The van der Waals surface area contributed by atoms with Crippen molar-refractivity contribution in [3.05, 3.63) is 53.6 Å². The zero-order chi connectivity index (χ0) is 16.3. The molecule has 0 saturated heterocycles. The summed E-state index contributed by atoms with van der Waals surface area (Å²) in [7, 11) is 1.69. The Morgan fingerprint density at radius 2 is 1.82 bits per heavy atom. The zero-order valence-electron chi connectivity index (χ0n) is 13.3. The van der Waals surface area contributed by atoms with E-state index in [9.17, 15) is 9.59 Å². The molecule has 0 spiro atoms. The van der Waals surface area contributed by atoms with E-state index in [1.807, 2.05) is 51.1 Å². The van der Waals surface area contributed by atoms with Crippen molar-refractivity contribution in [3.63, 3.8) is 0 Å². The highest BCUT2D eigenvalue weighted by Crippen LogP contribution is 2.20. The maximum Gasteiger partial charge on any atom is 0.358 e. The maximum absolute atomic E-state index is 12.3. The second-order valence-corrected chi connectivity index (χ2v) is 6.20. The van der Waals surface area contributed by atoms with Gasteiger partial charge in [0.15, 0.2) is 11.5 Å². The lowest BCUT2D eigenvalue weighted by atomic mass is 9.90. The average molecular weight is 300 g/mol. The second-order valence-electron chi connectivity index (χ2n) is 6.20. The van der Waals surface area contributed by atoms with Crippen LogP contribution in [0.4, 0.5) is 0 Å². The summed E-state index contributed by atoms with van der Waals surface area (Å²) in [4.78, 5) is 28.4. The summed E-state index contributed by atoms with van der Waals surface area (Å²) >= 11 is 0. The Bertz CT molecular complexity index is 682. The SMILES string of the molecule is Cn1cc(C(=O)OCc2ccccc2)nc1C(=O)C(C)(C)C. The molecule has 0 fully saturated rings. The van der Waals surface area contributed by atoms with Gasteiger partial charge < -0.3 is 9.30 Å². The first-order valence-electron chi connectivity index (χ1n) is 7.08. The number of hydrogen-bond acceptors (Lipinski definition) is 4. The summed E-state index contributed by atoms with van der Waals surface area (Å²) in [5.74, 6) is -0.385. The van der Waals surface area contributed by atoms with Crippen LogP contribution in [0.25, 0.3) is 0 Å². The molecule has 1 aromatic carbocycles. The third-order valence-corrected chi connectivity index (χ3v) is 3.18. The topological polar surface area (TPSA) is 61.2 Å². The van der Waals surface area contributed by atoms with E-state index in [4.69, 9.17) is 4.74 Å². The van der Waals surface area contributed by atoms with Gasteiger partial charge in [-0.05, 0) is 5.56 Å². The van der Waals surface area contributed by atoms with E-state index >= 15 is 0 Å². The van der Waals surface area contributed by atoms with Crippen LogP contribution < -0.4 is 0 Å². The number of rotatable bonds is 4. The minimum absolute atomic E-state index is 0.114. The first-order chi connectivity index (χ1) is 10.3. The molecule has 0 saturated carbocycles. The quantitative estimate of drug-likeness (QED) is 0.643. The van der Waals surface area contributed by atoms with Crippen LogP contribution in [0.2, 0.25) is 0 Å². The number of imidazole rings is 1. The van der Waals surface area contributed by atoms with Gasteiger partial charge in [-0.1, -0.05) is 51.1 Å². The van der Waals surface area contributed by atoms with Crippen molar-refractivity contribution in [1.29, 1.82) is 0 Å². The van der Waals surface area contributed by atoms with Gasteiger partial charge in [-0.3, -0.25) is 4.79 Å². The fourth-order valence-corrected chi connectivity index (χ4v) is 1.91. The molecule has 0 aliphatic carbocycles. The molecule has 0 bridgehead atoms. The largest absolute Gasteiger partial charge is 0.456 e. The standard InChI is InChI=1S/C17H20N2O3/c1-17(2,3)14(20)15-18-13(10-19(15)4)16(21)22-11-12-8-6-5-7-9-12/h5-10H,11H2,1-4H3. The van der Waals surface area contributed by atoms with Crippen LogP contribution in [0.15, 0.2) is 36.5 Å². The predicted octanol–water partition coefficient (Wildman–Crippen LogP) is 3.01. The highest BCUT2D eigenvalue weighted by Gasteiger charge is 2.28. The van der Waals surface area contributed by atoms with E-state index in [0.29, 0.717) is 0 Å². The number of benzene rings is 1. The molecular weight excluding hydrogens is 280 g/mol. The van der Waals surface area contributed by atoms with E-state index in [1.165, 1.54) is 6.20 Å². The molecule has 0 aliphatic rings. The summed E-state index contributed by atoms with van der Waals surface area (Å²) in [6.45, 7) is 5.63. The predicted molar refractivity (Wildman–Crippen MR) is 82.6 cm³/mol. The van der Waals surface area contributed by atoms with E-state index in [1.54, 1.807) is 11.6 Å². The van der Waals surface area contributed by atoms with Crippen molar-refractivity contribution in [2.75, 3.05) is 0 Å². The van der Waals surface area contributed by atoms with Gasteiger partial charge in [0.25, 0.3) is 0 Å². The number of esters is 1. The second kappa shape index (κ2) is 6.13. The van der Waals surface area contributed by atoms with Gasteiger partial charge in [-0.15, -0.1) is 0 Å². The monoisotopic (exact) mass is 300 g/mol. The lowest BCUT2D eigenvalue weighted by Gasteiger charge is -2.15. The van der Waals surface area contributed by atoms with E-state index in [0.717, 1.165) is 5.56 Å². The van der Waals surface area contributed by atoms with Crippen LogP contribution in [0.3, 0.4) is 0 Å². The van der Waals surface area contributed by atoms with E-state index in [2.05, 4.69) is 4.98 Å². The summed E-state index contributed by atoms with van der Waals surface area (Å²) in [5, 5.41) is 0. The van der Waals surface area contributed by atoms with Crippen molar-refractivity contribution >= 4 is 11.8 Å². The molecule has 0 aliphatic heterocycles. The molecule has 116 valence electrons. The molecular formula is C17H20N2O3. The minimum atomic E-state index is -0.551. The summed E-state index contributed by atoms with van der Waals surface area (Å²) < 4.78 is 6.78. The molecule has 0 radical (unpaired) electrons. The third kappa shape index (κ3) is 3.61. The van der Waals surface area contributed by atoms with Crippen LogP contribution >= 0.6 is 0 Å². The molecule has 0 N–H and O–H groups in total. The number of aryl methyl sites for hydroxylation is 1. The van der Waals surface area contributed by atoms with E-state index < -0.39 is 11.4 Å². The average Bonchev–Trinajstić information content (AvgIpc) is 2.86. The Kier molecular flexibility index (Phi) is 4.45. The number of aromatic nitrogens is 2. The molecule has 5 heteroatoms. The number of carbonyl (C=O) groups is 2. The van der Waals surface area contributed by atoms with Crippen molar-refractivity contribution in [1.82, 2.24) is 9.55 Å². The summed E-state index contributed by atoms with van der Waals surface area (Å²) in [6.07, 6.45) is 1.52. The molecule has 2 aromatic rings. The van der Waals surface area contributed by atoms with Gasteiger partial charge in [0.1, 0.15) is 6.61 Å². The molecule has 5 nitrogen and oxygen atoms in total. The number of Topliss-reactive ketones (excluding diaryl/α,β-unsaturated/α-hetero) is 1. The Morgan fingerprint density at radius 1 is 1.18 bits per heavy atom. The normalized spacial score (nSPS) is 11.3. The number of ether oxygens (including phenoxy) is 1. The Balaban J connectivity index is 2.10. The van der Waals surface area contributed by atoms with Crippen molar-refractivity contribution in [2.24, 2.45) is 12.5 Å². The van der Waals surface area contributed by atoms with Crippen molar-refractivity contribution < 1.29 is 14.3 Å². The molecule has 2 rings (SSSR count). The molecule has 0 unspecified atom stereocenters. The lowest BCUT2D eigenvalue weighted by Crippen LogP contribution is -2.23. The molecule has 0 amide bonds. The molecule has 1 aromatic heterocycles. The zero-order valence-corrected chi connectivity index (χ0v) is 13.3. The Hall–Kier alpha value is -2.43. The number of hydrogen-bond donors (Lipinski definition) is 0. The van der Waals surface area contributed by atoms with Crippen molar-refractivity contribution in [3.8, 4) is 0 Å². The van der Waals surface area contributed by atoms with Crippen LogP contribution in [-0.4, -0.2) is 21.3 Å². The molecule has 1 heterocycles. The first kappa shape index (κ1) is 15.9. The fraction of sp³-hybridized carbons (Fsp3) is 0.353. The van der Waals surface area contributed by atoms with Crippen LogP contribution in [0.1, 0.15) is 47.4 Å². The van der Waals surface area contributed by atoms with Crippen LogP contribution in [-0.2, 0) is 18.4 Å². The smallest absolute Gasteiger partial charge is 0.358 e. The van der Waals surface area contributed by atoms with Gasteiger partial charge in [-0.2, -0.15) is 0 Å². The third-order valence-electron chi connectivity index (χ3n) is 3.18.